The van der Waals surface area contributed by atoms with Crippen LogP contribution in [0.4, 0.5) is 0 Å². The molecule has 1 nitrogen and oxygen atoms in total. The maximum atomic E-state index is 2.44. The van der Waals surface area contributed by atoms with E-state index in [1.54, 1.807) is 0 Å². The fourth-order valence-electron chi connectivity index (χ4n) is 4.33. The molecule has 2 rings (SSSR count). The summed E-state index contributed by atoms with van der Waals surface area (Å²) >= 11 is 0. The van der Waals surface area contributed by atoms with Crippen LogP contribution in [-0.2, 0) is 0 Å². The van der Waals surface area contributed by atoms with Gasteiger partial charge in [0.05, 0.1) is 25.2 Å². The number of fused-ring (bicyclic) bond motifs is 1. The highest BCUT2D eigenvalue weighted by molar-refractivity contribution is 4.84. The molecule has 0 amide bonds. The SMILES string of the molecule is CC(C)CC1CC[N+]2(C(C)C)CCCC12. The van der Waals surface area contributed by atoms with Crippen molar-refractivity contribution < 1.29 is 4.48 Å². The van der Waals surface area contributed by atoms with Gasteiger partial charge < -0.3 is 4.48 Å². The lowest BCUT2D eigenvalue weighted by Gasteiger charge is -2.40. The van der Waals surface area contributed by atoms with E-state index >= 15 is 0 Å². The average Bonchev–Trinajstić information content (AvgIpc) is 2.66. The molecule has 0 N–H and O–H groups in total. The Hall–Kier alpha value is -0.0400. The molecule has 0 aliphatic carbocycles. The molecule has 3 atom stereocenters. The van der Waals surface area contributed by atoms with Gasteiger partial charge in [0, 0.05) is 25.2 Å². The number of quaternary nitrogens is 1. The zero-order chi connectivity index (χ0) is 11.1. The first-order chi connectivity index (χ1) is 7.06. The predicted molar refractivity (Wildman–Crippen MR) is 65.7 cm³/mol. The molecular weight excluding hydrogens is 182 g/mol. The molecule has 88 valence electrons. The van der Waals surface area contributed by atoms with Gasteiger partial charge in [0.15, 0.2) is 0 Å². The summed E-state index contributed by atoms with van der Waals surface area (Å²) < 4.78 is 1.47. The van der Waals surface area contributed by atoms with Crippen molar-refractivity contribution in [3.05, 3.63) is 0 Å². The summed E-state index contributed by atoms with van der Waals surface area (Å²) in [5, 5.41) is 0. The maximum Gasteiger partial charge on any atom is 0.0925 e. The van der Waals surface area contributed by atoms with Crippen LogP contribution >= 0.6 is 0 Å². The summed E-state index contributed by atoms with van der Waals surface area (Å²) in [6.45, 7) is 12.6. The topological polar surface area (TPSA) is 0 Å². The molecule has 1 heteroatoms. The van der Waals surface area contributed by atoms with Gasteiger partial charge in [-0.3, -0.25) is 0 Å². The van der Waals surface area contributed by atoms with E-state index in [0.29, 0.717) is 0 Å². The Bertz CT molecular complexity index is 221. The van der Waals surface area contributed by atoms with Gasteiger partial charge in [0.1, 0.15) is 0 Å². The van der Waals surface area contributed by atoms with E-state index in [2.05, 4.69) is 27.7 Å². The molecule has 0 aromatic carbocycles. The summed E-state index contributed by atoms with van der Waals surface area (Å²) in [5.74, 6) is 1.93. The Morgan fingerprint density at radius 1 is 1.07 bits per heavy atom. The zero-order valence-corrected chi connectivity index (χ0v) is 11.0. The molecule has 15 heavy (non-hydrogen) atoms. The normalized spacial score (nSPS) is 40.4. The van der Waals surface area contributed by atoms with Gasteiger partial charge in [-0.25, -0.2) is 0 Å². The summed E-state index contributed by atoms with van der Waals surface area (Å²) in [4.78, 5) is 0. The van der Waals surface area contributed by atoms with E-state index in [0.717, 1.165) is 23.9 Å². The second kappa shape index (κ2) is 4.08. The van der Waals surface area contributed by atoms with Crippen molar-refractivity contribution in [1.82, 2.24) is 0 Å². The molecule has 2 heterocycles. The quantitative estimate of drug-likeness (QED) is 0.626. The summed E-state index contributed by atoms with van der Waals surface area (Å²) in [6.07, 6.45) is 5.96. The van der Waals surface area contributed by atoms with Crippen LogP contribution in [0.25, 0.3) is 0 Å². The smallest absolute Gasteiger partial charge is 0.0925 e. The van der Waals surface area contributed by atoms with E-state index in [1.807, 2.05) is 0 Å². The standard InChI is InChI=1S/C14H28N/c1-11(2)10-13-7-9-15(12(3)4)8-5-6-14(13)15/h11-14H,5-10H2,1-4H3/q+1. The van der Waals surface area contributed by atoms with Crippen molar-refractivity contribution in [2.24, 2.45) is 11.8 Å². The molecule has 0 saturated carbocycles. The van der Waals surface area contributed by atoms with Gasteiger partial charge in [-0.2, -0.15) is 0 Å². The monoisotopic (exact) mass is 210 g/mol. The van der Waals surface area contributed by atoms with E-state index < -0.39 is 0 Å². The Labute approximate surface area is 95.4 Å². The first kappa shape index (κ1) is 11.4. The summed E-state index contributed by atoms with van der Waals surface area (Å²) in [7, 11) is 0. The van der Waals surface area contributed by atoms with E-state index in [1.165, 1.54) is 43.3 Å². The van der Waals surface area contributed by atoms with Crippen LogP contribution in [0.3, 0.4) is 0 Å². The van der Waals surface area contributed by atoms with Gasteiger partial charge in [-0.1, -0.05) is 13.8 Å². The third-order valence-electron chi connectivity index (χ3n) is 5.00. The van der Waals surface area contributed by atoms with Gasteiger partial charge in [0.2, 0.25) is 0 Å². The van der Waals surface area contributed by atoms with Crippen molar-refractivity contribution in [1.29, 1.82) is 0 Å². The lowest BCUT2D eigenvalue weighted by Crippen LogP contribution is -2.53. The molecular formula is C14H28N+. The zero-order valence-electron chi connectivity index (χ0n) is 11.0. The Balaban J connectivity index is 2.09. The molecule has 2 fully saturated rings. The van der Waals surface area contributed by atoms with Crippen LogP contribution < -0.4 is 0 Å². The number of hydrogen-bond acceptors (Lipinski definition) is 0. The van der Waals surface area contributed by atoms with Crippen molar-refractivity contribution in [2.75, 3.05) is 13.1 Å². The minimum absolute atomic E-state index is 0.856. The summed E-state index contributed by atoms with van der Waals surface area (Å²) in [5.41, 5.74) is 0. The molecule has 2 saturated heterocycles. The Morgan fingerprint density at radius 3 is 2.40 bits per heavy atom. The Kier molecular flexibility index (Phi) is 3.12. The van der Waals surface area contributed by atoms with Crippen LogP contribution in [-0.4, -0.2) is 29.7 Å². The largest absolute Gasteiger partial charge is 0.319 e. The van der Waals surface area contributed by atoms with Crippen molar-refractivity contribution in [3.8, 4) is 0 Å². The average molecular weight is 210 g/mol. The molecule has 0 bridgehead atoms. The second-order valence-electron chi connectivity index (χ2n) is 6.53. The molecule has 2 aliphatic heterocycles. The molecule has 0 spiro atoms. The molecule has 0 aromatic rings. The Morgan fingerprint density at radius 2 is 1.80 bits per heavy atom. The second-order valence-corrected chi connectivity index (χ2v) is 6.53. The molecule has 3 unspecified atom stereocenters. The van der Waals surface area contributed by atoms with Crippen LogP contribution in [0.5, 0.6) is 0 Å². The van der Waals surface area contributed by atoms with Gasteiger partial charge >= 0.3 is 0 Å². The number of nitrogens with zero attached hydrogens (tertiary/aromatic N) is 1. The highest BCUT2D eigenvalue weighted by Gasteiger charge is 2.52. The van der Waals surface area contributed by atoms with Crippen LogP contribution in [0.15, 0.2) is 0 Å². The molecule has 2 aliphatic rings. The third kappa shape index (κ3) is 1.84. The van der Waals surface area contributed by atoms with Crippen LogP contribution in [0.1, 0.15) is 53.4 Å². The fourth-order valence-corrected chi connectivity index (χ4v) is 4.33. The van der Waals surface area contributed by atoms with Crippen LogP contribution in [0.2, 0.25) is 0 Å². The molecule has 0 radical (unpaired) electrons. The minimum atomic E-state index is 0.856. The van der Waals surface area contributed by atoms with Crippen molar-refractivity contribution in [2.45, 2.75) is 65.5 Å². The first-order valence-corrected chi connectivity index (χ1v) is 6.92. The highest BCUT2D eigenvalue weighted by atomic mass is 15.4. The fraction of sp³-hybridized carbons (Fsp3) is 1.00. The van der Waals surface area contributed by atoms with Crippen molar-refractivity contribution >= 4 is 0 Å². The van der Waals surface area contributed by atoms with Crippen molar-refractivity contribution in [3.63, 3.8) is 0 Å². The highest BCUT2D eigenvalue weighted by Crippen LogP contribution is 2.44. The third-order valence-corrected chi connectivity index (χ3v) is 5.00. The lowest BCUT2D eigenvalue weighted by molar-refractivity contribution is -0.948. The lowest BCUT2D eigenvalue weighted by atomic mass is 9.89. The number of rotatable bonds is 3. The van der Waals surface area contributed by atoms with E-state index in [9.17, 15) is 0 Å². The predicted octanol–water partition coefficient (Wildman–Crippen LogP) is 3.44. The van der Waals surface area contributed by atoms with E-state index in [-0.39, 0.29) is 0 Å². The van der Waals surface area contributed by atoms with E-state index in [4.69, 9.17) is 0 Å². The number of hydrogen-bond donors (Lipinski definition) is 0. The van der Waals surface area contributed by atoms with Crippen LogP contribution in [0, 0.1) is 11.8 Å². The minimum Gasteiger partial charge on any atom is -0.319 e. The first-order valence-electron chi connectivity index (χ1n) is 6.92. The maximum absolute atomic E-state index is 2.44. The summed E-state index contributed by atoms with van der Waals surface area (Å²) in [6, 6.07) is 1.88. The molecule has 0 aromatic heterocycles. The van der Waals surface area contributed by atoms with Gasteiger partial charge in [0.25, 0.3) is 0 Å². The van der Waals surface area contributed by atoms with Gasteiger partial charge in [-0.15, -0.1) is 0 Å². The van der Waals surface area contributed by atoms with Gasteiger partial charge in [-0.05, 0) is 26.2 Å².